The molecule has 210 valence electrons. The van der Waals surface area contributed by atoms with Crippen molar-refractivity contribution in [3.05, 3.63) is 65.5 Å². The molecule has 1 saturated heterocycles. The van der Waals surface area contributed by atoms with Gasteiger partial charge in [0, 0.05) is 43.5 Å². The number of rotatable bonds is 7. The third-order valence-corrected chi connectivity index (χ3v) is 7.92. The molecule has 0 unspecified atom stereocenters. The van der Waals surface area contributed by atoms with Crippen LogP contribution in [-0.2, 0) is 7.05 Å². The average Bonchev–Trinajstić information content (AvgIpc) is 3.67. The minimum Gasteiger partial charge on any atom is -0.435 e. The lowest BCUT2D eigenvalue weighted by molar-refractivity contribution is -0.0500. The minimum absolute atomic E-state index is 0.0451. The summed E-state index contributed by atoms with van der Waals surface area (Å²) in [6.07, 6.45) is 8.35. The number of fused-ring (bicyclic) bond motifs is 1. The molecular formula is C27H29F3N8O2. The number of aromatic nitrogens is 6. The first-order chi connectivity index (χ1) is 19.4. The molecule has 1 saturated carbocycles. The van der Waals surface area contributed by atoms with Gasteiger partial charge >= 0.3 is 6.61 Å². The van der Waals surface area contributed by atoms with Crippen LogP contribution in [-0.4, -0.2) is 54.9 Å². The number of hydrogen-bond donors (Lipinski definition) is 1. The molecule has 0 radical (unpaired) electrons. The molecule has 1 aromatic carbocycles. The van der Waals surface area contributed by atoms with Crippen LogP contribution >= 0.6 is 0 Å². The molecule has 40 heavy (non-hydrogen) atoms. The fourth-order valence-electron chi connectivity index (χ4n) is 6.03. The van der Waals surface area contributed by atoms with E-state index in [9.17, 15) is 18.0 Å². The van der Waals surface area contributed by atoms with E-state index in [1.807, 2.05) is 19.2 Å². The van der Waals surface area contributed by atoms with Crippen molar-refractivity contribution in [1.29, 1.82) is 0 Å². The van der Waals surface area contributed by atoms with E-state index in [2.05, 4.69) is 35.6 Å². The van der Waals surface area contributed by atoms with Gasteiger partial charge < -0.3 is 15.0 Å². The Labute approximate surface area is 228 Å². The maximum absolute atomic E-state index is 14.3. The molecule has 10 nitrogen and oxygen atoms in total. The zero-order chi connectivity index (χ0) is 27.8. The first-order valence-corrected chi connectivity index (χ1v) is 13.4. The SMILES string of the molecule is Cn1nnnc1[C@H]1CC[C@H](NC(=O)c2cnn3ccc(N4CCC[C@@H]4c4cc(F)cc(OC(F)F)c4)cc23)CC1. The molecule has 4 heterocycles. The van der Waals surface area contributed by atoms with Crippen LogP contribution in [0.15, 0.2) is 42.7 Å². The Balaban J connectivity index is 1.18. The number of anilines is 1. The predicted molar refractivity (Wildman–Crippen MR) is 139 cm³/mol. The Kier molecular flexibility index (Phi) is 7.03. The van der Waals surface area contributed by atoms with Crippen molar-refractivity contribution in [2.75, 3.05) is 11.4 Å². The lowest BCUT2D eigenvalue weighted by atomic mass is 9.85. The Bertz CT molecular complexity index is 1510. The van der Waals surface area contributed by atoms with Gasteiger partial charge in [-0.2, -0.15) is 13.9 Å². The highest BCUT2D eigenvalue weighted by molar-refractivity contribution is 6.01. The van der Waals surface area contributed by atoms with Crippen LogP contribution < -0.4 is 15.0 Å². The quantitative estimate of drug-likeness (QED) is 0.361. The standard InChI is InChI=1S/C27H29F3N8O2/c1-36-25(33-34-35-36)16-4-6-19(7-5-16)32-26(39)22-15-31-38-10-8-20(14-24(22)38)37-9-2-3-23(37)17-11-18(28)13-21(12-17)40-27(29)30/h8,10-16,19,23,27H,2-7,9H2,1H3,(H,32,39)/t16-,19-,23-/m1/s1. The van der Waals surface area contributed by atoms with Gasteiger partial charge in [0.25, 0.3) is 5.91 Å². The molecule has 1 aliphatic carbocycles. The van der Waals surface area contributed by atoms with E-state index in [4.69, 9.17) is 0 Å². The lowest BCUT2D eigenvalue weighted by Gasteiger charge is -2.28. The van der Waals surface area contributed by atoms with Crippen molar-refractivity contribution >= 4 is 17.1 Å². The van der Waals surface area contributed by atoms with Gasteiger partial charge in [-0.3, -0.25) is 4.79 Å². The van der Waals surface area contributed by atoms with E-state index in [0.29, 0.717) is 23.2 Å². The molecule has 1 amide bonds. The van der Waals surface area contributed by atoms with Crippen molar-refractivity contribution < 1.29 is 22.7 Å². The van der Waals surface area contributed by atoms with Crippen molar-refractivity contribution in [2.24, 2.45) is 7.05 Å². The number of benzene rings is 1. The Morgan fingerprint density at radius 3 is 2.70 bits per heavy atom. The number of hydrogen-bond acceptors (Lipinski definition) is 7. The van der Waals surface area contributed by atoms with E-state index < -0.39 is 12.4 Å². The topological polar surface area (TPSA) is 102 Å². The number of ether oxygens (including phenoxy) is 1. The summed E-state index contributed by atoms with van der Waals surface area (Å²) in [7, 11) is 1.84. The van der Waals surface area contributed by atoms with Crippen LogP contribution in [0.25, 0.3) is 5.52 Å². The highest BCUT2D eigenvalue weighted by Crippen LogP contribution is 2.38. The summed E-state index contributed by atoms with van der Waals surface area (Å²) in [5.74, 6) is 0.123. The Hall–Kier alpha value is -4.16. The normalized spacial score (nSPS) is 21.3. The first kappa shape index (κ1) is 26.1. The molecule has 3 aromatic heterocycles. The highest BCUT2D eigenvalue weighted by Gasteiger charge is 2.30. The van der Waals surface area contributed by atoms with Crippen LogP contribution in [0, 0.1) is 5.82 Å². The van der Waals surface area contributed by atoms with E-state index >= 15 is 0 Å². The fourth-order valence-corrected chi connectivity index (χ4v) is 6.03. The molecule has 4 aromatic rings. The van der Waals surface area contributed by atoms with Gasteiger partial charge in [0.15, 0.2) is 5.82 Å². The van der Waals surface area contributed by atoms with Crippen molar-refractivity contribution in [3.63, 3.8) is 0 Å². The smallest absolute Gasteiger partial charge is 0.387 e. The molecule has 2 fully saturated rings. The molecule has 0 bridgehead atoms. The molecule has 2 aliphatic rings. The minimum atomic E-state index is -3.03. The highest BCUT2D eigenvalue weighted by atomic mass is 19.3. The number of carbonyl (C=O) groups is 1. The van der Waals surface area contributed by atoms with Crippen LogP contribution in [0.5, 0.6) is 5.75 Å². The summed E-state index contributed by atoms with van der Waals surface area (Å²) in [6, 6.07) is 7.38. The zero-order valence-corrected chi connectivity index (χ0v) is 21.9. The van der Waals surface area contributed by atoms with E-state index in [1.54, 1.807) is 21.6 Å². The lowest BCUT2D eigenvalue weighted by Crippen LogP contribution is -2.37. The maximum atomic E-state index is 14.3. The van der Waals surface area contributed by atoms with Gasteiger partial charge in [0.05, 0.1) is 23.3 Å². The summed E-state index contributed by atoms with van der Waals surface area (Å²) in [4.78, 5) is 15.4. The maximum Gasteiger partial charge on any atom is 0.387 e. The summed E-state index contributed by atoms with van der Waals surface area (Å²) in [5, 5.41) is 19.3. The zero-order valence-electron chi connectivity index (χ0n) is 21.9. The molecule has 0 spiro atoms. The Morgan fingerprint density at radius 1 is 1.12 bits per heavy atom. The number of aryl methyl sites for hydroxylation is 1. The third-order valence-electron chi connectivity index (χ3n) is 7.92. The summed E-state index contributed by atoms with van der Waals surface area (Å²) >= 11 is 0. The van der Waals surface area contributed by atoms with Crippen molar-refractivity contribution in [2.45, 2.75) is 63.1 Å². The van der Waals surface area contributed by atoms with Gasteiger partial charge in [0.2, 0.25) is 0 Å². The molecule has 1 aliphatic heterocycles. The van der Waals surface area contributed by atoms with E-state index in [1.165, 1.54) is 12.1 Å². The number of nitrogens with zero attached hydrogens (tertiary/aromatic N) is 7. The summed E-state index contributed by atoms with van der Waals surface area (Å²) in [6.45, 7) is -2.34. The van der Waals surface area contributed by atoms with Gasteiger partial charge in [0.1, 0.15) is 11.6 Å². The van der Waals surface area contributed by atoms with Crippen molar-refractivity contribution in [1.82, 2.24) is 35.1 Å². The fraction of sp³-hybridized carbons (Fsp3) is 0.444. The predicted octanol–water partition coefficient (Wildman–Crippen LogP) is 4.40. The van der Waals surface area contributed by atoms with Crippen LogP contribution in [0.3, 0.4) is 0 Å². The number of amides is 1. The van der Waals surface area contributed by atoms with Gasteiger partial charge in [-0.05, 0) is 78.8 Å². The number of pyridine rings is 1. The second-order valence-electron chi connectivity index (χ2n) is 10.4. The molecule has 13 heteroatoms. The molecular weight excluding hydrogens is 525 g/mol. The van der Waals surface area contributed by atoms with Crippen molar-refractivity contribution in [3.8, 4) is 5.75 Å². The van der Waals surface area contributed by atoms with Crippen LogP contribution in [0.2, 0.25) is 0 Å². The average molecular weight is 555 g/mol. The van der Waals surface area contributed by atoms with E-state index in [-0.39, 0.29) is 29.7 Å². The Morgan fingerprint density at radius 2 is 1.95 bits per heavy atom. The van der Waals surface area contributed by atoms with Crippen LogP contribution in [0.1, 0.15) is 72.2 Å². The van der Waals surface area contributed by atoms with E-state index in [0.717, 1.165) is 56.1 Å². The largest absolute Gasteiger partial charge is 0.435 e. The number of nitrogens with one attached hydrogen (secondary N) is 1. The number of alkyl halides is 2. The van der Waals surface area contributed by atoms with Gasteiger partial charge in [-0.15, -0.1) is 5.10 Å². The number of halogens is 3. The van der Waals surface area contributed by atoms with Gasteiger partial charge in [-0.1, -0.05) is 0 Å². The second-order valence-corrected chi connectivity index (χ2v) is 10.4. The molecule has 6 rings (SSSR count). The third kappa shape index (κ3) is 5.19. The van der Waals surface area contributed by atoms with Gasteiger partial charge in [-0.25, -0.2) is 13.6 Å². The monoisotopic (exact) mass is 554 g/mol. The second kappa shape index (κ2) is 10.8. The molecule has 1 N–H and O–H groups in total. The number of tetrazole rings is 1. The number of carbonyl (C=O) groups excluding carboxylic acids is 1. The molecule has 1 atom stereocenters. The summed E-state index contributed by atoms with van der Waals surface area (Å²) < 4.78 is 47.6. The first-order valence-electron chi connectivity index (χ1n) is 13.4. The van der Waals surface area contributed by atoms with Crippen LogP contribution in [0.4, 0.5) is 18.9 Å². The summed E-state index contributed by atoms with van der Waals surface area (Å²) in [5.41, 5.74) is 2.52.